The highest BCUT2D eigenvalue weighted by Crippen LogP contribution is 2.25. The number of benzene rings is 1. The van der Waals surface area contributed by atoms with Gasteiger partial charge in [0.05, 0.1) is 6.61 Å². The van der Waals surface area contributed by atoms with Crippen LogP contribution in [0.25, 0.3) is 0 Å². The molecular formula is C23H36N4O2. The molecule has 0 saturated carbocycles. The van der Waals surface area contributed by atoms with Crippen LogP contribution in [0.15, 0.2) is 30.3 Å². The highest BCUT2D eigenvalue weighted by molar-refractivity contribution is 5.67. The van der Waals surface area contributed by atoms with Crippen molar-refractivity contribution in [3.05, 3.63) is 30.3 Å². The van der Waals surface area contributed by atoms with Crippen LogP contribution in [0.3, 0.4) is 0 Å². The Kier molecular flexibility index (Phi) is 6.93. The molecule has 1 aromatic carbocycles. The third-order valence-electron chi connectivity index (χ3n) is 6.89. The van der Waals surface area contributed by atoms with Crippen molar-refractivity contribution in [1.29, 1.82) is 0 Å². The van der Waals surface area contributed by atoms with Gasteiger partial charge in [-0.15, -0.1) is 0 Å². The van der Waals surface area contributed by atoms with Crippen molar-refractivity contribution in [3.63, 3.8) is 0 Å². The van der Waals surface area contributed by atoms with Crippen molar-refractivity contribution in [2.45, 2.75) is 44.7 Å². The summed E-state index contributed by atoms with van der Waals surface area (Å²) in [6.45, 7) is 11.0. The van der Waals surface area contributed by atoms with Gasteiger partial charge in [-0.3, -0.25) is 9.80 Å². The fourth-order valence-electron chi connectivity index (χ4n) is 5.23. The molecule has 3 aliphatic heterocycles. The van der Waals surface area contributed by atoms with Gasteiger partial charge in [-0.1, -0.05) is 18.2 Å². The lowest BCUT2D eigenvalue weighted by Crippen LogP contribution is -2.57. The number of carbonyl (C=O) groups is 1. The molecule has 0 aliphatic carbocycles. The van der Waals surface area contributed by atoms with Crippen LogP contribution in [-0.4, -0.2) is 91.8 Å². The molecule has 1 amide bonds. The first-order valence-electron chi connectivity index (χ1n) is 11.4. The molecule has 0 bridgehead atoms. The van der Waals surface area contributed by atoms with Crippen molar-refractivity contribution in [2.75, 3.05) is 63.9 Å². The normalized spacial score (nSPS) is 25.2. The van der Waals surface area contributed by atoms with E-state index in [0.29, 0.717) is 18.7 Å². The van der Waals surface area contributed by atoms with Gasteiger partial charge >= 0.3 is 6.09 Å². The first kappa shape index (κ1) is 20.5. The van der Waals surface area contributed by atoms with Gasteiger partial charge in [0, 0.05) is 63.6 Å². The van der Waals surface area contributed by atoms with Gasteiger partial charge in [0.1, 0.15) is 0 Å². The van der Waals surface area contributed by atoms with Crippen molar-refractivity contribution < 1.29 is 9.53 Å². The minimum absolute atomic E-state index is 0.140. The first-order chi connectivity index (χ1) is 14.2. The number of para-hydroxylation sites is 1. The SMILES string of the molecule is CCOC(=O)N1CCC(N2CCC[C@@H](N3CCN(c4ccccc4)CC3)C2)CC1. The van der Waals surface area contributed by atoms with Crippen LogP contribution >= 0.6 is 0 Å². The number of hydrogen-bond acceptors (Lipinski definition) is 5. The molecular weight excluding hydrogens is 364 g/mol. The molecule has 0 N–H and O–H groups in total. The summed E-state index contributed by atoms with van der Waals surface area (Å²) in [6.07, 6.45) is 4.63. The van der Waals surface area contributed by atoms with E-state index in [2.05, 4.69) is 45.0 Å². The van der Waals surface area contributed by atoms with Crippen LogP contribution in [0.2, 0.25) is 0 Å². The Bertz CT molecular complexity index is 640. The molecule has 3 saturated heterocycles. The first-order valence-corrected chi connectivity index (χ1v) is 11.4. The van der Waals surface area contributed by atoms with Gasteiger partial charge in [-0.2, -0.15) is 0 Å². The lowest BCUT2D eigenvalue weighted by Gasteiger charge is -2.47. The number of piperazine rings is 1. The number of piperidine rings is 2. The molecule has 0 unspecified atom stereocenters. The van der Waals surface area contributed by atoms with Crippen LogP contribution in [-0.2, 0) is 4.74 Å². The molecule has 3 heterocycles. The van der Waals surface area contributed by atoms with E-state index in [9.17, 15) is 4.79 Å². The summed E-state index contributed by atoms with van der Waals surface area (Å²) in [5.74, 6) is 0. The van der Waals surface area contributed by atoms with Gasteiger partial charge in [-0.05, 0) is 51.3 Å². The van der Waals surface area contributed by atoms with Crippen LogP contribution in [0.1, 0.15) is 32.6 Å². The molecule has 3 aliphatic rings. The molecule has 1 aromatic rings. The second-order valence-corrected chi connectivity index (χ2v) is 8.57. The van der Waals surface area contributed by atoms with E-state index in [1.165, 1.54) is 31.6 Å². The Balaban J connectivity index is 1.25. The largest absolute Gasteiger partial charge is 0.450 e. The second kappa shape index (κ2) is 9.81. The predicted molar refractivity (Wildman–Crippen MR) is 116 cm³/mol. The van der Waals surface area contributed by atoms with E-state index < -0.39 is 0 Å². The fraction of sp³-hybridized carbons (Fsp3) is 0.696. The summed E-state index contributed by atoms with van der Waals surface area (Å²) in [5, 5.41) is 0. The number of amides is 1. The summed E-state index contributed by atoms with van der Waals surface area (Å²) >= 11 is 0. The fourth-order valence-corrected chi connectivity index (χ4v) is 5.23. The Hall–Kier alpha value is -1.79. The highest BCUT2D eigenvalue weighted by atomic mass is 16.6. The third kappa shape index (κ3) is 5.04. The predicted octanol–water partition coefficient (Wildman–Crippen LogP) is 2.89. The van der Waals surface area contributed by atoms with Gasteiger partial charge in [0.25, 0.3) is 0 Å². The van der Waals surface area contributed by atoms with Gasteiger partial charge < -0.3 is 14.5 Å². The van der Waals surface area contributed by atoms with Crippen molar-refractivity contribution in [1.82, 2.24) is 14.7 Å². The van der Waals surface area contributed by atoms with Gasteiger partial charge in [-0.25, -0.2) is 4.79 Å². The van der Waals surface area contributed by atoms with Crippen LogP contribution < -0.4 is 4.90 Å². The van der Waals surface area contributed by atoms with E-state index in [1.54, 1.807) is 0 Å². The van der Waals surface area contributed by atoms with E-state index in [-0.39, 0.29) is 6.09 Å². The van der Waals surface area contributed by atoms with Gasteiger partial charge in [0.2, 0.25) is 0 Å². The molecule has 6 nitrogen and oxygen atoms in total. The summed E-state index contributed by atoms with van der Waals surface area (Å²) in [5.41, 5.74) is 1.35. The number of hydrogen-bond donors (Lipinski definition) is 0. The average molecular weight is 401 g/mol. The lowest BCUT2D eigenvalue weighted by atomic mass is 9.97. The molecule has 0 aromatic heterocycles. The standard InChI is InChI=1S/C23H36N4O2/c1-2-29-23(28)26-13-10-21(11-14-26)27-12-6-9-22(19-27)25-17-15-24(16-18-25)20-7-4-3-5-8-20/h3-5,7-8,21-22H,2,6,9-19H2,1H3/t22-/m1/s1. The number of likely N-dealkylation sites (tertiary alicyclic amines) is 2. The number of nitrogens with zero attached hydrogens (tertiary/aromatic N) is 4. The van der Waals surface area contributed by atoms with E-state index in [0.717, 1.165) is 52.1 Å². The maximum absolute atomic E-state index is 11.9. The Morgan fingerprint density at radius 1 is 0.897 bits per heavy atom. The van der Waals surface area contributed by atoms with Crippen LogP contribution in [0.5, 0.6) is 0 Å². The molecule has 29 heavy (non-hydrogen) atoms. The second-order valence-electron chi connectivity index (χ2n) is 8.57. The molecule has 0 spiro atoms. The van der Waals surface area contributed by atoms with E-state index >= 15 is 0 Å². The summed E-state index contributed by atoms with van der Waals surface area (Å²) < 4.78 is 5.16. The van der Waals surface area contributed by atoms with E-state index in [4.69, 9.17) is 4.74 Å². The zero-order valence-corrected chi connectivity index (χ0v) is 17.8. The maximum atomic E-state index is 11.9. The quantitative estimate of drug-likeness (QED) is 0.777. The van der Waals surface area contributed by atoms with E-state index in [1.807, 2.05) is 11.8 Å². The number of carbonyl (C=O) groups excluding carboxylic acids is 1. The Morgan fingerprint density at radius 2 is 1.62 bits per heavy atom. The Labute approximate surface area is 175 Å². The monoisotopic (exact) mass is 400 g/mol. The van der Waals surface area contributed by atoms with Gasteiger partial charge in [0.15, 0.2) is 0 Å². The minimum atomic E-state index is -0.140. The summed E-state index contributed by atoms with van der Waals surface area (Å²) in [6, 6.07) is 12.1. The molecule has 1 atom stereocenters. The Morgan fingerprint density at radius 3 is 2.31 bits per heavy atom. The van der Waals surface area contributed by atoms with Crippen LogP contribution in [0.4, 0.5) is 10.5 Å². The third-order valence-corrected chi connectivity index (χ3v) is 6.89. The lowest BCUT2D eigenvalue weighted by molar-refractivity contribution is 0.0376. The minimum Gasteiger partial charge on any atom is -0.450 e. The smallest absolute Gasteiger partial charge is 0.409 e. The number of rotatable bonds is 4. The molecule has 3 fully saturated rings. The molecule has 0 radical (unpaired) electrons. The van der Waals surface area contributed by atoms with Crippen molar-refractivity contribution in [3.8, 4) is 0 Å². The van der Waals surface area contributed by atoms with Crippen molar-refractivity contribution in [2.24, 2.45) is 0 Å². The topological polar surface area (TPSA) is 39.3 Å². The zero-order chi connectivity index (χ0) is 20.1. The van der Waals surface area contributed by atoms with Crippen molar-refractivity contribution >= 4 is 11.8 Å². The molecule has 160 valence electrons. The highest BCUT2D eigenvalue weighted by Gasteiger charge is 2.33. The number of ether oxygens (including phenoxy) is 1. The van der Waals surface area contributed by atoms with Crippen LogP contribution in [0, 0.1) is 0 Å². The zero-order valence-electron chi connectivity index (χ0n) is 17.8. The maximum Gasteiger partial charge on any atom is 0.409 e. The summed E-state index contributed by atoms with van der Waals surface area (Å²) in [7, 11) is 0. The summed E-state index contributed by atoms with van der Waals surface area (Å²) in [4.78, 5) is 21.8. The molecule has 6 heteroatoms. The number of anilines is 1. The molecule has 4 rings (SSSR count). The average Bonchev–Trinajstić information content (AvgIpc) is 2.80.